The SMILES string of the molecule is CC(C)CS(=O)(=O)C1CC(C)CCC1CN. The van der Waals surface area contributed by atoms with Crippen molar-refractivity contribution < 1.29 is 8.42 Å². The maximum atomic E-state index is 12.3. The average Bonchev–Trinajstić information content (AvgIpc) is 2.15. The lowest BCUT2D eigenvalue weighted by molar-refractivity contribution is 0.296. The molecule has 0 aliphatic heterocycles. The zero-order chi connectivity index (χ0) is 12.3. The summed E-state index contributed by atoms with van der Waals surface area (Å²) in [6.45, 7) is 6.57. The molecule has 1 aliphatic rings. The number of rotatable bonds is 4. The van der Waals surface area contributed by atoms with Gasteiger partial charge in [-0.15, -0.1) is 0 Å². The first-order chi connectivity index (χ1) is 7.36. The second-order valence-electron chi connectivity index (χ2n) is 5.68. The number of sulfone groups is 1. The molecule has 0 radical (unpaired) electrons. The van der Waals surface area contributed by atoms with Gasteiger partial charge in [0.15, 0.2) is 9.84 Å². The Bertz CT molecular complexity index is 311. The highest BCUT2D eigenvalue weighted by atomic mass is 32.2. The molecule has 0 aromatic heterocycles. The van der Waals surface area contributed by atoms with Crippen molar-refractivity contribution in [1.29, 1.82) is 0 Å². The second-order valence-corrected chi connectivity index (χ2v) is 7.94. The molecule has 0 spiro atoms. The number of hydrogen-bond donors (Lipinski definition) is 1. The van der Waals surface area contributed by atoms with E-state index >= 15 is 0 Å². The summed E-state index contributed by atoms with van der Waals surface area (Å²) in [6.07, 6.45) is 2.89. The lowest BCUT2D eigenvalue weighted by atomic mass is 9.82. The minimum atomic E-state index is -2.96. The molecule has 0 bridgehead atoms. The maximum Gasteiger partial charge on any atom is 0.153 e. The van der Waals surface area contributed by atoms with Crippen molar-refractivity contribution in [2.75, 3.05) is 12.3 Å². The zero-order valence-corrected chi connectivity index (χ0v) is 11.5. The summed E-state index contributed by atoms with van der Waals surface area (Å²) in [5.74, 6) is 1.22. The molecule has 1 saturated carbocycles. The molecule has 1 fully saturated rings. The van der Waals surface area contributed by atoms with Crippen LogP contribution in [0.3, 0.4) is 0 Å². The first-order valence-electron chi connectivity index (χ1n) is 6.28. The Morgan fingerprint density at radius 3 is 2.44 bits per heavy atom. The van der Waals surface area contributed by atoms with Crippen LogP contribution in [0.4, 0.5) is 0 Å². The van der Waals surface area contributed by atoms with Gasteiger partial charge in [-0.1, -0.05) is 27.2 Å². The second kappa shape index (κ2) is 5.50. The van der Waals surface area contributed by atoms with Crippen LogP contribution in [0.2, 0.25) is 0 Å². The van der Waals surface area contributed by atoms with Crippen molar-refractivity contribution in [3.05, 3.63) is 0 Å². The first-order valence-corrected chi connectivity index (χ1v) is 8.00. The van der Waals surface area contributed by atoms with Gasteiger partial charge in [0.2, 0.25) is 0 Å². The third-order valence-corrected chi connectivity index (χ3v) is 6.15. The van der Waals surface area contributed by atoms with Crippen LogP contribution < -0.4 is 5.73 Å². The monoisotopic (exact) mass is 247 g/mol. The van der Waals surface area contributed by atoms with Crippen LogP contribution in [-0.2, 0) is 9.84 Å². The summed E-state index contributed by atoms with van der Waals surface area (Å²) in [4.78, 5) is 0. The van der Waals surface area contributed by atoms with E-state index in [0.29, 0.717) is 18.2 Å². The van der Waals surface area contributed by atoms with Gasteiger partial charge in [-0.2, -0.15) is 0 Å². The van der Waals surface area contributed by atoms with Crippen molar-refractivity contribution >= 4 is 9.84 Å². The van der Waals surface area contributed by atoms with Gasteiger partial charge >= 0.3 is 0 Å². The summed E-state index contributed by atoms with van der Waals surface area (Å²) in [7, 11) is -2.96. The van der Waals surface area contributed by atoms with E-state index in [0.717, 1.165) is 19.3 Å². The Hall–Kier alpha value is -0.0900. The van der Waals surface area contributed by atoms with Crippen molar-refractivity contribution in [3.63, 3.8) is 0 Å². The van der Waals surface area contributed by atoms with Crippen LogP contribution in [0.25, 0.3) is 0 Å². The third kappa shape index (κ3) is 3.45. The van der Waals surface area contributed by atoms with Crippen LogP contribution in [0.15, 0.2) is 0 Å². The Kier molecular flexibility index (Phi) is 4.80. The molecule has 3 nitrogen and oxygen atoms in total. The van der Waals surface area contributed by atoms with E-state index < -0.39 is 9.84 Å². The summed E-state index contributed by atoms with van der Waals surface area (Å²) >= 11 is 0. The predicted molar refractivity (Wildman–Crippen MR) is 68.0 cm³/mol. The van der Waals surface area contributed by atoms with Crippen LogP contribution in [0, 0.1) is 17.8 Å². The first kappa shape index (κ1) is 14.0. The van der Waals surface area contributed by atoms with Crippen LogP contribution >= 0.6 is 0 Å². The Labute approximate surface area is 99.7 Å². The molecule has 2 N–H and O–H groups in total. The molecule has 16 heavy (non-hydrogen) atoms. The molecule has 0 aromatic carbocycles. The molecule has 0 heterocycles. The van der Waals surface area contributed by atoms with Gasteiger partial charge < -0.3 is 5.73 Å². The van der Waals surface area contributed by atoms with Gasteiger partial charge in [-0.25, -0.2) is 8.42 Å². The summed E-state index contributed by atoms with van der Waals surface area (Å²) in [6, 6.07) is 0. The highest BCUT2D eigenvalue weighted by Gasteiger charge is 2.37. The molecule has 3 unspecified atom stereocenters. The van der Waals surface area contributed by atoms with E-state index in [-0.39, 0.29) is 17.1 Å². The highest BCUT2D eigenvalue weighted by molar-refractivity contribution is 7.92. The quantitative estimate of drug-likeness (QED) is 0.824. The van der Waals surface area contributed by atoms with Gasteiger partial charge in [0, 0.05) is 0 Å². The molecule has 0 aromatic rings. The Morgan fingerprint density at radius 2 is 1.94 bits per heavy atom. The Morgan fingerprint density at radius 1 is 1.31 bits per heavy atom. The molecule has 0 amide bonds. The lowest BCUT2D eigenvalue weighted by Crippen LogP contribution is -2.41. The molecule has 4 heteroatoms. The van der Waals surface area contributed by atoms with Crippen molar-refractivity contribution in [2.24, 2.45) is 23.5 Å². The van der Waals surface area contributed by atoms with Gasteiger partial charge in [-0.3, -0.25) is 0 Å². The molecule has 1 aliphatic carbocycles. The van der Waals surface area contributed by atoms with Gasteiger partial charge in [0.1, 0.15) is 0 Å². The van der Waals surface area contributed by atoms with Crippen LogP contribution in [0.1, 0.15) is 40.0 Å². The fourth-order valence-corrected chi connectivity index (χ4v) is 5.32. The smallest absolute Gasteiger partial charge is 0.153 e. The Balaban J connectivity index is 2.81. The van der Waals surface area contributed by atoms with Gasteiger partial charge in [0.25, 0.3) is 0 Å². The van der Waals surface area contributed by atoms with Crippen molar-refractivity contribution in [1.82, 2.24) is 0 Å². The van der Waals surface area contributed by atoms with Crippen LogP contribution in [-0.4, -0.2) is 26.0 Å². The highest BCUT2D eigenvalue weighted by Crippen LogP contribution is 2.33. The van der Waals surface area contributed by atoms with Gasteiger partial charge in [0.05, 0.1) is 11.0 Å². The summed E-state index contributed by atoms with van der Waals surface area (Å²) in [5.41, 5.74) is 5.70. The van der Waals surface area contributed by atoms with Gasteiger partial charge in [-0.05, 0) is 37.1 Å². The number of hydrogen-bond acceptors (Lipinski definition) is 3. The zero-order valence-electron chi connectivity index (χ0n) is 10.6. The fourth-order valence-electron chi connectivity index (χ4n) is 2.69. The minimum absolute atomic E-state index is 0.181. The average molecular weight is 247 g/mol. The van der Waals surface area contributed by atoms with E-state index in [2.05, 4.69) is 6.92 Å². The fraction of sp³-hybridized carbons (Fsp3) is 1.00. The molecular weight excluding hydrogens is 222 g/mol. The largest absolute Gasteiger partial charge is 0.330 e. The summed E-state index contributed by atoms with van der Waals surface area (Å²) < 4.78 is 24.5. The molecule has 3 atom stereocenters. The van der Waals surface area contributed by atoms with E-state index in [1.807, 2.05) is 13.8 Å². The molecule has 96 valence electrons. The van der Waals surface area contributed by atoms with E-state index in [1.165, 1.54) is 0 Å². The summed E-state index contributed by atoms with van der Waals surface area (Å²) in [5, 5.41) is -0.191. The predicted octanol–water partition coefficient (Wildman–Crippen LogP) is 1.82. The maximum absolute atomic E-state index is 12.3. The number of nitrogens with two attached hydrogens (primary N) is 1. The van der Waals surface area contributed by atoms with Crippen molar-refractivity contribution in [3.8, 4) is 0 Å². The standard InChI is InChI=1S/C12H25NO2S/c1-9(2)8-16(14,15)12-6-10(3)4-5-11(12)7-13/h9-12H,4-8,13H2,1-3H3. The topological polar surface area (TPSA) is 60.2 Å². The molecule has 1 rings (SSSR count). The third-order valence-electron chi connectivity index (χ3n) is 3.52. The van der Waals surface area contributed by atoms with E-state index in [9.17, 15) is 8.42 Å². The molecular formula is C12H25NO2S. The van der Waals surface area contributed by atoms with Crippen molar-refractivity contribution in [2.45, 2.75) is 45.3 Å². The van der Waals surface area contributed by atoms with Crippen LogP contribution in [0.5, 0.6) is 0 Å². The van der Waals surface area contributed by atoms with E-state index in [1.54, 1.807) is 0 Å². The minimum Gasteiger partial charge on any atom is -0.330 e. The molecule has 0 saturated heterocycles. The lowest BCUT2D eigenvalue weighted by Gasteiger charge is -2.34. The normalized spacial score (nSPS) is 31.9. The van der Waals surface area contributed by atoms with E-state index in [4.69, 9.17) is 5.73 Å².